The Balaban J connectivity index is 0.000000203. The van der Waals surface area contributed by atoms with Gasteiger partial charge in [0.2, 0.25) is 31.9 Å². The zero-order valence-electron chi connectivity index (χ0n) is 39.7. The molecule has 0 amide bonds. The zero-order chi connectivity index (χ0) is 49.1. The molecule has 4 bridgehead atoms. The molecule has 4 aliphatic rings. The molecule has 2 unspecified atom stereocenters. The van der Waals surface area contributed by atoms with Gasteiger partial charge in [0, 0.05) is 80.3 Å². The van der Waals surface area contributed by atoms with Gasteiger partial charge in [0.25, 0.3) is 0 Å². The van der Waals surface area contributed by atoms with E-state index in [9.17, 15) is 31.1 Å². The molecule has 25 heteroatoms. The molecule has 0 radical (unpaired) electrons. The van der Waals surface area contributed by atoms with E-state index in [-0.39, 0.29) is 95.7 Å². The zero-order valence-corrected chi connectivity index (χ0v) is 41.3. The van der Waals surface area contributed by atoms with Gasteiger partial charge < -0.3 is 30.3 Å². The smallest absolute Gasteiger partial charge is 0.305 e. The summed E-state index contributed by atoms with van der Waals surface area (Å²) in [6, 6.07) is 3.15. The van der Waals surface area contributed by atoms with Gasteiger partial charge in [0.1, 0.15) is 18.0 Å². The van der Waals surface area contributed by atoms with E-state index < -0.39 is 44.3 Å². The van der Waals surface area contributed by atoms with Crippen molar-refractivity contribution in [1.29, 1.82) is 0 Å². The first-order valence-electron chi connectivity index (χ1n) is 23.3. The van der Waals surface area contributed by atoms with Gasteiger partial charge in [-0.15, -0.1) is 0 Å². The molecule has 5 N–H and O–H groups in total. The van der Waals surface area contributed by atoms with Crippen LogP contribution < -0.4 is 20.4 Å². The number of ether oxygens (including phenoxy) is 1. The van der Waals surface area contributed by atoms with Gasteiger partial charge in [-0.05, 0) is 79.1 Å². The predicted octanol–water partition coefficient (Wildman–Crippen LogP) is 5.07. The maximum Gasteiger partial charge on any atom is 0.305 e. The summed E-state index contributed by atoms with van der Waals surface area (Å²) in [5.41, 5.74) is 1.45. The van der Waals surface area contributed by atoms with Crippen LogP contribution in [0.15, 0.2) is 12.1 Å². The van der Waals surface area contributed by atoms with E-state index in [0.29, 0.717) is 37.3 Å². The van der Waals surface area contributed by atoms with Gasteiger partial charge in [-0.25, -0.2) is 35.6 Å². The van der Waals surface area contributed by atoms with Crippen molar-refractivity contribution in [3.8, 4) is 0 Å². The highest BCUT2D eigenvalue weighted by atomic mass is 32.2. The number of halogens is 2. The van der Waals surface area contributed by atoms with E-state index in [1.54, 1.807) is 41.5 Å². The second kappa shape index (κ2) is 21.3. The SMILES string of the molecule is CCC(=O)OCc1nc(N(C)C2C[C@H]3CCC[C@@H](C2)N3S(=O)(=O)CC)nc(Nc2cc(C)[nH]n2)c1F.CCS(=O)(=O)N1[C@@H]2CCC[C@H]1CC(N(C)c1nc(CO)c(F)c(Nc3cc(C)[nH]n3)n1)C2. The molecule has 8 rings (SSSR count). The summed E-state index contributed by atoms with van der Waals surface area (Å²) in [5.74, 6) is -0.528. The minimum absolute atomic E-state index is 0.00564. The van der Waals surface area contributed by atoms with Gasteiger partial charge in [-0.2, -0.15) is 28.8 Å². The van der Waals surface area contributed by atoms with Crippen molar-refractivity contribution >= 4 is 61.2 Å². The number of carbonyl (C=O) groups is 1. The monoisotopic (exact) mass is 990 g/mol. The van der Waals surface area contributed by atoms with Crippen LogP contribution in [0, 0.1) is 25.5 Å². The molecule has 0 aliphatic carbocycles. The van der Waals surface area contributed by atoms with Gasteiger partial charge in [0.05, 0.1) is 18.1 Å². The number of rotatable bonds is 16. The highest BCUT2D eigenvalue weighted by Crippen LogP contribution is 2.40. The van der Waals surface area contributed by atoms with Gasteiger partial charge >= 0.3 is 5.97 Å². The minimum Gasteiger partial charge on any atom is -0.459 e. The lowest BCUT2D eigenvalue weighted by atomic mass is 9.83. The number of aliphatic hydroxyl groups excluding tert-OH is 1. The molecule has 21 nitrogen and oxygen atoms in total. The molecular formula is C43H64F2N14O7S2. The van der Waals surface area contributed by atoms with Crippen molar-refractivity contribution in [2.75, 3.05) is 46.0 Å². The fourth-order valence-electron chi connectivity index (χ4n) is 9.89. The van der Waals surface area contributed by atoms with E-state index >= 15 is 4.39 Å². The van der Waals surface area contributed by atoms with Crippen LogP contribution in [0.5, 0.6) is 0 Å². The van der Waals surface area contributed by atoms with Crippen molar-refractivity contribution in [3.63, 3.8) is 0 Å². The first-order chi connectivity index (χ1) is 32.4. The Morgan fingerprint density at radius 3 is 1.47 bits per heavy atom. The first-order valence-corrected chi connectivity index (χ1v) is 26.5. The van der Waals surface area contributed by atoms with E-state index in [1.165, 1.54) is 0 Å². The van der Waals surface area contributed by atoms with Crippen LogP contribution >= 0.6 is 0 Å². The van der Waals surface area contributed by atoms with Crippen molar-refractivity contribution in [3.05, 3.63) is 46.5 Å². The number of esters is 1. The molecule has 4 aromatic heterocycles. The Morgan fingerprint density at radius 2 is 1.12 bits per heavy atom. The number of piperidine rings is 4. The number of carbonyl (C=O) groups excluding carboxylic acids is 1. The van der Waals surface area contributed by atoms with Crippen molar-refractivity contribution in [2.24, 2.45) is 0 Å². The molecule has 6 atom stereocenters. The maximum absolute atomic E-state index is 15.3. The predicted molar refractivity (Wildman–Crippen MR) is 252 cm³/mol. The Hall–Kier alpha value is -5.11. The second-order valence-corrected chi connectivity index (χ2v) is 22.3. The number of hydrogen-bond acceptors (Lipinski definition) is 17. The largest absolute Gasteiger partial charge is 0.459 e. The molecule has 4 aromatic rings. The van der Waals surface area contributed by atoms with Crippen LogP contribution in [0.25, 0.3) is 0 Å². The number of aromatic nitrogens is 8. The molecule has 0 aromatic carbocycles. The first kappa shape index (κ1) is 50.8. The van der Waals surface area contributed by atoms with Crippen molar-refractivity contribution < 1.29 is 40.3 Å². The molecule has 4 aliphatic heterocycles. The number of H-pyrrole nitrogens is 2. The fourth-order valence-corrected chi connectivity index (χ4v) is 13.1. The number of anilines is 6. The number of aryl methyl sites for hydroxylation is 2. The highest BCUT2D eigenvalue weighted by molar-refractivity contribution is 7.89. The summed E-state index contributed by atoms with van der Waals surface area (Å²) in [5, 5.41) is 29.1. The number of hydrogen-bond donors (Lipinski definition) is 5. The normalized spacial score (nSPS) is 23.0. The third-order valence-electron chi connectivity index (χ3n) is 13.4. The summed E-state index contributed by atoms with van der Waals surface area (Å²) in [6.45, 7) is 7.78. The number of sulfonamides is 2. The van der Waals surface area contributed by atoms with Crippen LogP contribution in [0.1, 0.15) is 114 Å². The molecule has 4 saturated heterocycles. The number of aromatic amines is 2. The molecule has 8 heterocycles. The van der Waals surface area contributed by atoms with Crippen LogP contribution in [0.4, 0.5) is 43.9 Å². The lowest BCUT2D eigenvalue weighted by Gasteiger charge is -2.49. The highest BCUT2D eigenvalue weighted by Gasteiger charge is 2.46. The summed E-state index contributed by atoms with van der Waals surface area (Å²) in [6.07, 6.45) is 8.05. The van der Waals surface area contributed by atoms with E-state index in [2.05, 4.69) is 51.0 Å². The van der Waals surface area contributed by atoms with E-state index in [4.69, 9.17) is 4.74 Å². The lowest BCUT2D eigenvalue weighted by Crippen LogP contribution is -2.58. The summed E-state index contributed by atoms with van der Waals surface area (Å²) in [4.78, 5) is 32.9. The average Bonchev–Trinajstić information content (AvgIpc) is 3.94. The van der Waals surface area contributed by atoms with Crippen LogP contribution in [-0.2, 0) is 42.8 Å². The summed E-state index contributed by atoms with van der Waals surface area (Å²) < 4.78 is 89.5. The second-order valence-electron chi connectivity index (χ2n) is 18.0. The number of fused-ring (bicyclic) bond motifs is 4. The van der Waals surface area contributed by atoms with E-state index in [0.717, 1.165) is 49.9 Å². The van der Waals surface area contributed by atoms with Gasteiger partial charge in [-0.3, -0.25) is 15.0 Å². The molecule has 0 saturated carbocycles. The molecular weight excluding hydrogens is 927 g/mol. The topological polar surface area (TPSA) is 261 Å². The van der Waals surface area contributed by atoms with Crippen LogP contribution in [0.3, 0.4) is 0 Å². The standard InChI is InChI=1S/C23H34FN7O4S.C20H30FN7O3S/c1-5-20(32)35-13-18-21(24)22(26-19-10-14(3)28-29-19)27-23(25-18)30(4)17-11-15-8-7-9-16(12-17)31(15)36(33,34)6-2;1-4-32(30,31)28-13-6-5-7-14(28)10-15(9-13)27(3)20-22-16(11-29)18(21)19(24-20)23-17-8-12(2)25-26-17/h10,15-17H,5-9,11-13H2,1-4H3,(H2,25,26,27,28,29);8,13-15,29H,4-7,9-11H2,1-3H3,(H2,22,23,24,25,26)/t15-,16+,17?;13-,14+,15?. The minimum atomic E-state index is -3.30. The Morgan fingerprint density at radius 1 is 0.721 bits per heavy atom. The maximum atomic E-state index is 15.3. The number of nitrogens with zero attached hydrogens (tertiary/aromatic N) is 10. The third-order valence-corrected chi connectivity index (χ3v) is 17.3. The molecule has 4 fully saturated rings. The Labute approximate surface area is 396 Å². The van der Waals surface area contributed by atoms with E-state index in [1.807, 2.05) is 37.7 Å². The molecule has 374 valence electrons. The average molecular weight is 991 g/mol. The lowest BCUT2D eigenvalue weighted by molar-refractivity contribution is -0.144. The fraction of sp³-hybridized carbons (Fsp3) is 0.651. The van der Waals surface area contributed by atoms with Crippen LogP contribution in [0.2, 0.25) is 0 Å². The summed E-state index contributed by atoms with van der Waals surface area (Å²) in [7, 11) is -2.90. The quantitative estimate of drug-likeness (QED) is 0.0918. The Kier molecular flexibility index (Phi) is 15.9. The molecule has 0 spiro atoms. The molecule has 68 heavy (non-hydrogen) atoms. The van der Waals surface area contributed by atoms with Crippen LogP contribution in [-0.4, -0.2) is 139 Å². The van der Waals surface area contributed by atoms with Crippen molar-refractivity contribution in [2.45, 2.75) is 155 Å². The summed E-state index contributed by atoms with van der Waals surface area (Å²) >= 11 is 0. The Bertz CT molecular complexity index is 2610. The van der Waals surface area contributed by atoms with Crippen molar-refractivity contribution in [1.82, 2.24) is 48.9 Å². The number of nitrogens with one attached hydrogen (secondary N) is 4. The third kappa shape index (κ3) is 11.2. The van der Waals surface area contributed by atoms with Gasteiger partial charge in [-0.1, -0.05) is 19.8 Å². The number of aliphatic hydroxyl groups is 1. The van der Waals surface area contributed by atoms with Gasteiger partial charge in [0.15, 0.2) is 34.9 Å².